The zero-order valence-electron chi connectivity index (χ0n) is 9.40. The van der Waals surface area contributed by atoms with Crippen molar-refractivity contribution in [1.29, 1.82) is 0 Å². The first kappa shape index (κ1) is 13.3. The minimum atomic E-state index is -4.57. The van der Waals surface area contributed by atoms with Crippen molar-refractivity contribution in [3.63, 3.8) is 0 Å². The molecule has 2 N–H and O–H groups in total. The molecule has 0 atom stereocenters. The highest BCUT2D eigenvalue weighted by Gasteiger charge is 2.48. The Bertz CT molecular complexity index is 526. The van der Waals surface area contributed by atoms with E-state index in [9.17, 15) is 14.4 Å². The van der Waals surface area contributed by atoms with Gasteiger partial charge in [0, 0.05) is 0 Å². The molecule has 0 aliphatic rings. The third-order valence-electron chi connectivity index (χ3n) is 2.71. The number of hydrogen-bond acceptors (Lipinski definition) is 1. The van der Waals surface area contributed by atoms with Gasteiger partial charge < -0.3 is 9.79 Å². The van der Waals surface area contributed by atoms with Gasteiger partial charge in [-0.25, -0.2) is 0 Å². The summed E-state index contributed by atoms with van der Waals surface area (Å²) >= 11 is 6.30. The van der Waals surface area contributed by atoms with Crippen LogP contribution in [0.5, 0.6) is 0 Å². The van der Waals surface area contributed by atoms with Gasteiger partial charge in [0.05, 0.1) is 0 Å². The van der Waals surface area contributed by atoms with Crippen LogP contribution in [0.2, 0.25) is 0 Å². The van der Waals surface area contributed by atoms with Gasteiger partial charge in [-0.05, 0) is 11.1 Å². The summed E-state index contributed by atoms with van der Waals surface area (Å²) in [7, 11) is -4.57. The second-order valence-corrected chi connectivity index (χ2v) is 6.49. The van der Waals surface area contributed by atoms with Crippen molar-refractivity contribution in [3.8, 4) is 0 Å². The molecule has 0 saturated heterocycles. The third-order valence-corrected chi connectivity index (χ3v) is 5.13. The van der Waals surface area contributed by atoms with Crippen LogP contribution in [0.25, 0.3) is 0 Å². The molecule has 0 spiro atoms. The summed E-state index contributed by atoms with van der Waals surface area (Å²) in [5.74, 6) is 0. The Morgan fingerprint density at radius 2 is 1.17 bits per heavy atom. The van der Waals surface area contributed by atoms with Gasteiger partial charge in [-0.1, -0.05) is 72.3 Å². The van der Waals surface area contributed by atoms with Crippen molar-refractivity contribution >= 4 is 19.2 Å². The Kier molecular flexibility index (Phi) is 3.60. The summed E-state index contributed by atoms with van der Waals surface area (Å²) in [5.41, 5.74) is 0.761. The maximum Gasteiger partial charge on any atom is 0.355 e. The van der Waals surface area contributed by atoms with E-state index in [1.165, 1.54) is 0 Å². The monoisotopic (exact) mass is 282 g/mol. The molecule has 0 heterocycles. The Balaban J connectivity index is 2.67. The molecule has 94 valence electrons. The molecule has 2 aromatic carbocycles. The molecule has 0 radical (unpaired) electrons. The molecule has 2 aromatic rings. The van der Waals surface area contributed by atoms with Crippen molar-refractivity contribution in [2.24, 2.45) is 0 Å². The molecule has 0 aliphatic carbocycles. The smallest absolute Gasteiger partial charge is 0.323 e. The fraction of sp³-hybridized carbons (Fsp3) is 0.0769. The predicted octanol–water partition coefficient (Wildman–Crippen LogP) is 3.30. The lowest BCUT2D eigenvalue weighted by molar-refractivity contribution is 0.358. The van der Waals surface area contributed by atoms with Crippen molar-refractivity contribution in [2.45, 2.75) is 4.62 Å². The zero-order chi connectivity index (χ0) is 13.2. The van der Waals surface area contributed by atoms with E-state index in [1.807, 2.05) is 0 Å². The molecule has 3 nitrogen and oxygen atoms in total. The van der Waals surface area contributed by atoms with E-state index in [4.69, 9.17) is 11.6 Å². The fourth-order valence-electron chi connectivity index (χ4n) is 1.82. The second-order valence-electron chi connectivity index (χ2n) is 3.90. The van der Waals surface area contributed by atoms with Gasteiger partial charge in [0.1, 0.15) is 0 Å². The highest BCUT2D eigenvalue weighted by Crippen LogP contribution is 2.63. The third kappa shape index (κ3) is 2.23. The number of hydrogen-bond donors (Lipinski definition) is 2. The van der Waals surface area contributed by atoms with Crippen LogP contribution in [0.4, 0.5) is 0 Å². The van der Waals surface area contributed by atoms with Gasteiger partial charge in [-0.3, -0.25) is 4.57 Å². The second kappa shape index (κ2) is 4.87. The molecule has 0 unspecified atom stereocenters. The molecule has 18 heavy (non-hydrogen) atoms. The predicted molar refractivity (Wildman–Crippen MR) is 71.6 cm³/mol. The standard InChI is InChI=1S/C13H12ClO3P/c14-13(18(15,16)17,11-7-3-1-4-8-11)12-9-5-2-6-10-12/h1-10H,(H2,15,16,17). The summed E-state index contributed by atoms with van der Waals surface area (Å²) in [6.07, 6.45) is 0. The van der Waals surface area contributed by atoms with Crippen LogP contribution < -0.4 is 0 Å². The van der Waals surface area contributed by atoms with Crippen LogP contribution in [0.1, 0.15) is 11.1 Å². The van der Waals surface area contributed by atoms with Crippen molar-refractivity contribution in [1.82, 2.24) is 0 Å². The lowest BCUT2D eigenvalue weighted by Crippen LogP contribution is -2.20. The van der Waals surface area contributed by atoms with E-state index in [0.29, 0.717) is 11.1 Å². The lowest BCUT2D eigenvalue weighted by atomic mass is 10.0. The fourth-order valence-corrected chi connectivity index (χ4v) is 3.04. The maximum atomic E-state index is 11.8. The lowest BCUT2D eigenvalue weighted by Gasteiger charge is -2.28. The molecule has 0 saturated carbocycles. The normalized spacial score (nSPS) is 12.4. The van der Waals surface area contributed by atoms with Crippen molar-refractivity contribution in [3.05, 3.63) is 71.8 Å². The maximum absolute atomic E-state index is 11.8. The first-order chi connectivity index (χ1) is 8.46. The van der Waals surface area contributed by atoms with E-state index < -0.39 is 12.2 Å². The van der Waals surface area contributed by atoms with E-state index in [0.717, 1.165) is 0 Å². The highest BCUT2D eigenvalue weighted by atomic mass is 35.5. The summed E-state index contributed by atoms with van der Waals surface area (Å²) in [4.78, 5) is 19.2. The van der Waals surface area contributed by atoms with Crippen LogP contribution in [0.3, 0.4) is 0 Å². The summed E-state index contributed by atoms with van der Waals surface area (Å²) in [5, 5.41) is 0. The Hall–Kier alpha value is -1.12. The van der Waals surface area contributed by atoms with Crippen molar-refractivity contribution < 1.29 is 14.4 Å². The van der Waals surface area contributed by atoms with Crippen LogP contribution in [-0.2, 0) is 9.18 Å². The first-order valence-corrected chi connectivity index (χ1v) is 7.31. The average molecular weight is 283 g/mol. The van der Waals surface area contributed by atoms with Crippen LogP contribution in [-0.4, -0.2) is 9.79 Å². The average Bonchev–Trinajstić information content (AvgIpc) is 2.38. The van der Waals surface area contributed by atoms with Gasteiger partial charge in [-0.15, -0.1) is 0 Å². The van der Waals surface area contributed by atoms with Gasteiger partial charge in [0.2, 0.25) is 0 Å². The van der Waals surface area contributed by atoms with Gasteiger partial charge in [0.25, 0.3) is 0 Å². The quantitative estimate of drug-likeness (QED) is 0.671. The molecule has 0 aliphatic heterocycles. The molecule has 0 bridgehead atoms. The molecule has 0 amide bonds. The minimum Gasteiger partial charge on any atom is -0.323 e. The number of benzene rings is 2. The van der Waals surface area contributed by atoms with Gasteiger partial charge in [0.15, 0.2) is 4.62 Å². The van der Waals surface area contributed by atoms with Gasteiger partial charge in [-0.2, -0.15) is 0 Å². The number of rotatable bonds is 3. The van der Waals surface area contributed by atoms with E-state index in [-0.39, 0.29) is 0 Å². The number of halogens is 1. The van der Waals surface area contributed by atoms with Crippen molar-refractivity contribution in [2.75, 3.05) is 0 Å². The van der Waals surface area contributed by atoms with Crippen LogP contribution in [0, 0.1) is 0 Å². The molecule has 0 aromatic heterocycles. The number of alkyl halides is 1. The molecule has 2 rings (SSSR count). The largest absolute Gasteiger partial charge is 0.355 e. The first-order valence-electron chi connectivity index (χ1n) is 5.32. The highest BCUT2D eigenvalue weighted by molar-refractivity contribution is 7.55. The zero-order valence-corrected chi connectivity index (χ0v) is 11.1. The molecule has 0 fully saturated rings. The van der Waals surface area contributed by atoms with E-state index in [1.54, 1.807) is 60.7 Å². The Labute approximate surface area is 110 Å². The Morgan fingerprint density at radius 1 is 0.833 bits per heavy atom. The summed E-state index contributed by atoms with van der Waals surface area (Å²) < 4.78 is 9.98. The van der Waals surface area contributed by atoms with E-state index >= 15 is 0 Å². The molecular weight excluding hydrogens is 271 g/mol. The Morgan fingerprint density at radius 3 is 1.44 bits per heavy atom. The molecule has 5 heteroatoms. The minimum absolute atomic E-state index is 0.381. The summed E-state index contributed by atoms with van der Waals surface area (Å²) in [6.45, 7) is 0. The topological polar surface area (TPSA) is 57.5 Å². The summed E-state index contributed by atoms with van der Waals surface area (Å²) in [6, 6.07) is 16.8. The van der Waals surface area contributed by atoms with E-state index in [2.05, 4.69) is 0 Å². The van der Waals surface area contributed by atoms with Gasteiger partial charge >= 0.3 is 7.60 Å². The van der Waals surface area contributed by atoms with Crippen LogP contribution in [0.15, 0.2) is 60.7 Å². The van der Waals surface area contributed by atoms with Crippen LogP contribution >= 0.6 is 19.2 Å². The SMILES string of the molecule is O=P(O)(O)C(Cl)(c1ccccc1)c1ccccc1. The molecular formula is C13H12ClO3P.